The molecule has 0 amide bonds. The van der Waals surface area contributed by atoms with Gasteiger partial charge in [0.15, 0.2) is 0 Å². The van der Waals surface area contributed by atoms with Crippen molar-refractivity contribution in [3.05, 3.63) is 19.1 Å². The van der Waals surface area contributed by atoms with Crippen LogP contribution in [0.15, 0.2) is 12.2 Å². The lowest BCUT2D eigenvalue weighted by Crippen LogP contribution is -1.73. The van der Waals surface area contributed by atoms with Gasteiger partial charge in [-0.05, 0) is 19.3 Å². The molecule has 0 aliphatic carbocycles. The molecule has 0 bridgehead atoms. The standard InChI is InChI=1S/C11H21/c1-3-5-7-9-11-10-8-6-4-2/h8,10H,1,3-7,9,11H2,2H3/b10-8-. The van der Waals surface area contributed by atoms with Crippen LogP contribution in [-0.2, 0) is 0 Å². The smallest absolute Gasteiger partial charge is 0.0351 e. The summed E-state index contributed by atoms with van der Waals surface area (Å²) in [6.07, 6.45) is 13.5. The normalized spacial score (nSPS) is 11.1. The molecular formula is C11H21. The SMILES string of the molecule is [CH2]CCCCC/C=C\CCC. The summed E-state index contributed by atoms with van der Waals surface area (Å²) in [4.78, 5) is 0. The maximum absolute atomic E-state index is 3.81. The number of unbranched alkanes of at least 4 members (excludes halogenated alkanes) is 5. The quantitative estimate of drug-likeness (QED) is 0.381. The average Bonchev–Trinajstić information content (AvgIpc) is 2.03. The van der Waals surface area contributed by atoms with E-state index < -0.39 is 0 Å². The number of allylic oxidation sites excluding steroid dienone is 2. The van der Waals surface area contributed by atoms with Gasteiger partial charge in [-0.25, -0.2) is 0 Å². The Labute approximate surface area is 71.7 Å². The second kappa shape index (κ2) is 9.74. The van der Waals surface area contributed by atoms with Crippen molar-refractivity contribution in [2.45, 2.75) is 51.9 Å². The summed E-state index contributed by atoms with van der Waals surface area (Å²) in [5.41, 5.74) is 0. The van der Waals surface area contributed by atoms with E-state index in [0.29, 0.717) is 0 Å². The van der Waals surface area contributed by atoms with Crippen LogP contribution in [0.1, 0.15) is 51.9 Å². The molecule has 0 spiro atoms. The van der Waals surface area contributed by atoms with Gasteiger partial charge >= 0.3 is 0 Å². The van der Waals surface area contributed by atoms with Gasteiger partial charge in [-0.15, -0.1) is 0 Å². The van der Waals surface area contributed by atoms with E-state index in [1.165, 1.54) is 38.5 Å². The van der Waals surface area contributed by atoms with E-state index >= 15 is 0 Å². The van der Waals surface area contributed by atoms with Crippen molar-refractivity contribution in [3.63, 3.8) is 0 Å². The van der Waals surface area contributed by atoms with Crippen LogP contribution >= 0.6 is 0 Å². The Balaban J connectivity index is 2.89. The van der Waals surface area contributed by atoms with Gasteiger partial charge in [-0.2, -0.15) is 0 Å². The highest BCUT2D eigenvalue weighted by atomic mass is 13.9. The summed E-state index contributed by atoms with van der Waals surface area (Å²) >= 11 is 0. The summed E-state index contributed by atoms with van der Waals surface area (Å²) in [7, 11) is 0. The molecule has 0 nitrogen and oxygen atoms in total. The third-order valence-corrected chi connectivity index (χ3v) is 1.74. The molecule has 0 atom stereocenters. The third kappa shape index (κ3) is 9.74. The molecule has 0 aromatic carbocycles. The minimum absolute atomic E-state index is 1.10. The topological polar surface area (TPSA) is 0 Å². The molecule has 0 saturated carbocycles. The fourth-order valence-corrected chi connectivity index (χ4v) is 1.02. The molecule has 11 heavy (non-hydrogen) atoms. The molecule has 0 unspecified atom stereocenters. The maximum Gasteiger partial charge on any atom is -0.0351 e. The number of hydrogen-bond donors (Lipinski definition) is 0. The predicted molar refractivity (Wildman–Crippen MR) is 52.5 cm³/mol. The summed E-state index contributed by atoms with van der Waals surface area (Å²) in [6, 6.07) is 0. The summed E-state index contributed by atoms with van der Waals surface area (Å²) in [6.45, 7) is 6.03. The van der Waals surface area contributed by atoms with E-state index in [4.69, 9.17) is 0 Å². The molecule has 0 aliphatic heterocycles. The van der Waals surface area contributed by atoms with Crippen molar-refractivity contribution in [1.82, 2.24) is 0 Å². The first-order valence-corrected chi connectivity index (χ1v) is 4.86. The van der Waals surface area contributed by atoms with Crippen LogP contribution in [0.5, 0.6) is 0 Å². The Hall–Kier alpha value is -0.260. The summed E-state index contributed by atoms with van der Waals surface area (Å²) < 4.78 is 0. The van der Waals surface area contributed by atoms with Crippen LogP contribution in [0.25, 0.3) is 0 Å². The van der Waals surface area contributed by atoms with Gasteiger partial charge < -0.3 is 0 Å². The number of rotatable bonds is 7. The fourth-order valence-electron chi connectivity index (χ4n) is 1.02. The average molecular weight is 153 g/mol. The molecule has 0 heterocycles. The van der Waals surface area contributed by atoms with Gasteiger partial charge in [-0.1, -0.05) is 51.7 Å². The van der Waals surface area contributed by atoms with E-state index in [-0.39, 0.29) is 0 Å². The Bertz CT molecular complexity index is 82.0. The predicted octanol–water partition coefficient (Wildman–Crippen LogP) is 4.13. The molecule has 0 saturated heterocycles. The highest BCUT2D eigenvalue weighted by molar-refractivity contribution is 4.80. The van der Waals surface area contributed by atoms with Crippen LogP contribution < -0.4 is 0 Å². The molecule has 0 N–H and O–H groups in total. The van der Waals surface area contributed by atoms with Gasteiger partial charge in [-0.3, -0.25) is 0 Å². The first-order chi connectivity index (χ1) is 5.41. The lowest BCUT2D eigenvalue weighted by molar-refractivity contribution is 0.694. The van der Waals surface area contributed by atoms with Gasteiger partial charge in [0.2, 0.25) is 0 Å². The fraction of sp³-hybridized carbons (Fsp3) is 0.727. The second-order valence-corrected chi connectivity index (χ2v) is 2.96. The highest BCUT2D eigenvalue weighted by Gasteiger charge is 1.83. The summed E-state index contributed by atoms with van der Waals surface area (Å²) in [5.74, 6) is 0. The molecule has 0 aromatic rings. The van der Waals surface area contributed by atoms with Crippen LogP contribution in [0.2, 0.25) is 0 Å². The monoisotopic (exact) mass is 153 g/mol. The highest BCUT2D eigenvalue weighted by Crippen LogP contribution is 2.03. The molecular weight excluding hydrogens is 132 g/mol. The Morgan fingerprint density at radius 3 is 2.36 bits per heavy atom. The Morgan fingerprint density at radius 1 is 1.00 bits per heavy atom. The maximum atomic E-state index is 3.81. The largest absolute Gasteiger partial charge is 0.0885 e. The van der Waals surface area contributed by atoms with E-state index in [1.807, 2.05) is 0 Å². The van der Waals surface area contributed by atoms with Crippen LogP contribution in [0, 0.1) is 6.92 Å². The van der Waals surface area contributed by atoms with Crippen molar-refractivity contribution in [2.75, 3.05) is 0 Å². The van der Waals surface area contributed by atoms with Crippen molar-refractivity contribution < 1.29 is 0 Å². The summed E-state index contributed by atoms with van der Waals surface area (Å²) in [5, 5.41) is 0. The van der Waals surface area contributed by atoms with Crippen LogP contribution in [-0.4, -0.2) is 0 Å². The minimum Gasteiger partial charge on any atom is -0.0885 e. The molecule has 0 aromatic heterocycles. The lowest BCUT2D eigenvalue weighted by atomic mass is 10.1. The van der Waals surface area contributed by atoms with Crippen molar-refractivity contribution in [1.29, 1.82) is 0 Å². The van der Waals surface area contributed by atoms with Gasteiger partial charge in [0, 0.05) is 0 Å². The molecule has 0 aliphatic rings. The molecule has 0 heteroatoms. The second-order valence-electron chi connectivity index (χ2n) is 2.96. The molecule has 1 radical (unpaired) electrons. The zero-order chi connectivity index (χ0) is 8.36. The van der Waals surface area contributed by atoms with E-state index in [1.54, 1.807) is 0 Å². The van der Waals surface area contributed by atoms with Crippen molar-refractivity contribution in [2.24, 2.45) is 0 Å². The van der Waals surface area contributed by atoms with Crippen LogP contribution in [0.4, 0.5) is 0 Å². The van der Waals surface area contributed by atoms with E-state index in [0.717, 1.165) is 6.42 Å². The lowest BCUT2D eigenvalue weighted by Gasteiger charge is -1.93. The van der Waals surface area contributed by atoms with E-state index in [9.17, 15) is 0 Å². The van der Waals surface area contributed by atoms with Gasteiger partial charge in [0.25, 0.3) is 0 Å². The molecule has 0 fully saturated rings. The minimum atomic E-state index is 1.10. The van der Waals surface area contributed by atoms with E-state index in [2.05, 4.69) is 26.0 Å². The zero-order valence-corrected chi connectivity index (χ0v) is 7.81. The van der Waals surface area contributed by atoms with Crippen LogP contribution in [0.3, 0.4) is 0 Å². The van der Waals surface area contributed by atoms with Gasteiger partial charge in [0.05, 0.1) is 0 Å². The van der Waals surface area contributed by atoms with Crippen molar-refractivity contribution in [3.8, 4) is 0 Å². The third-order valence-electron chi connectivity index (χ3n) is 1.74. The Morgan fingerprint density at radius 2 is 1.73 bits per heavy atom. The first-order valence-electron chi connectivity index (χ1n) is 4.86. The Kier molecular flexibility index (Phi) is 9.51. The molecule has 65 valence electrons. The molecule has 0 rings (SSSR count). The number of hydrogen-bond acceptors (Lipinski definition) is 0. The zero-order valence-electron chi connectivity index (χ0n) is 7.81. The first kappa shape index (κ1) is 10.7. The van der Waals surface area contributed by atoms with Crippen molar-refractivity contribution >= 4 is 0 Å². The van der Waals surface area contributed by atoms with Gasteiger partial charge in [0.1, 0.15) is 0 Å².